The summed E-state index contributed by atoms with van der Waals surface area (Å²) in [6, 6.07) is 6.05. The number of nitrogen functional groups attached to an aromatic ring is 1. The van der Waals surface area contributed by atoms with Crippen LogP contribution in [-0.2, 0) is 0 Å². The predicted octanol–water partition coefficient (Wildman–Crippen LogP) is 3.14. The van der Waals surface area contributed by atoms with E-state index in [4.69, 9.17) is 34.3 Å². The third-order valence-electron chi connectivity index (χ3n) is 4.79. The van der Waals surface area contributed by atoms with Crippen LogP contribution in [0.5, 0.6) is 5.75 Å². The van der Waals surface area contributed by atoms with E-state index in [1.807, 2.05) is 6.92 Å². The van der Waals surface area contributed by atoms with Crippen LogP contribution in [0, 0.1) is 5.82 Å². The number of hydrazone groups is 1. The number of nitrogens with two attached hydrogens (primary N) is 3. The molecule has 0 aliphatic carbocycles. The van der Waals surface area contributed by atoms with Crippen LogP contribution in [0.2, 0.25) is 0 Å². The molecule has 9 heteroatoms. The maximum absolute atomic E-state index is 14.1. The number of hydrogen-bond acceptors (Lipinski definition) is 8. The number of rotatable bonds is 2. The van der Waals surface area contributed by atoms with E-state index in [9.17, 15) is 4.39 Å². The number of thiocarbonyl (C=S) groups is 1. The van der Waals surface area contributed by atoms with Gasteiger partial charge in [-0.25, -0.2) is 9.37 Å². The molecule has 1 atom stereocenters. The third kappa shape index (κ3) is 4.16. The summed E-state index contributed by atoms with van der Waals surface area (Å²) in [5.41, 5.74) is 16.3. The molecule has 0 saturated heterocycles. The minimum atomic E-state index is -0.561. The number of aromatic nitrogens is 1. The monoisotopic (exact) mass is 426 g/mol. The fourth-order valence-electron chi connectivity index (χ4n) is 3.30. The molecule has 1 aliphatic heterocycles. The largest absolute Gasteiger partial charge is 0.482 e. The van der Waals surface area contributed by atoms with Gasteiger partial charge in [0, 0.05) is 46.9 Å². The second-order valence-electron chi connectivity index (χ2n) is 6.73. The first-order valence-corrected chi connectivity index (χ1v) is 9.84. The van der Waals surface area contributed by atoms with Crippen molar-refractivity contribution >= 4 is 40.5 Å². The highest BCUT2D eigenvalue weighted by Gasteiger charge is 2.23. The normalized spacial score (nSPS) is 19.6. The number of halogens is 1. The van der Waals surface area contributed by atoms with Gasteiger partial charge in [-0.3, -0.25) is 4.99 Å². The molecule has 0 amide bonds. The van der Waals surface area contributed by atoms with E-state index in [-0.39, 0.29) is 12.2 Å². The topological polar surface area (TPSA) is 125 Å². The molecular formula is C21H23FN6OS. The predicted molar refractivity (Wildman–Crippen MR) is 122 cm³/mol. The smallest absolute Gasteiger partial charge is 0.166 e. The van der Waals surface area contributed by atoms with Crippen LogP contribution in [-0.4, -0.2) is 28.3 Å². The third-order valence-corrected chi connectivity index (χ3v) is 5.08. The molecule has 1 aliphatic rings. The molecule has 2 aromatic rings. The standard InChI is InChI=1S/C21H23FN6OS/c1-3-26-20-12-7-18(21(24)27-9-12)29-11(2)16-8-14(22)4-5-15(16)19(23)13(10-30)6-17(20)28-25/h4-5,7-11H,3,6,23,25H2,1-2H3,(H2,24,27). The Balaban J connectivity index is 2.33. The average molecular weight is 427 g/mol. The van der Waals surface area contributed by atoms with Crippen LogP contribution in [0.3, 0.4) is 0 Å². The van der Waals surface area contributed by atoms with Crippen molar-refractivity contribution < 1.29 is 9.13 Å². The fraction of sp³-hybridized carbons (Fsp3) is 0.238. The van der Waals surface area contributed by atoms with Gasteiger partial charge in [0.1, 0.15) is 11.9 Å². The van der Waals surface area contributed by atoms with Crippen molar-refractivity contribution in [2.75, 3.05) is 12.3 Å². The SMILES string of the molecule is CCN=C1C(=NN)CC(C=S)=C(N)c2ccc(F)cc2C(C)Oc2cc1cnc2N. The number of allylic oxidation sites excluding steroid dienone is 1. The van der Waals surface area contributed by atoms with E-state index in [0.717, 1.165) is 0 Å². The first kappa shape index (κ1) is 21.4. The summed E-state index contributed by atoms with van der Waals surface area (Å²) in [4.78, 5) is 8.77. The molecule has 3 rings (SSSR count). The van der Waals surface area contributed by atoms with Gasteiger partial charge in [0.15, 0.2) is 11.6 Å². The quantitative estimate of drug-likeness (QED) is 0.385. The Morgan fingerprint density at radius 3 is 2.77 bits per heavy atom. The van der Waals surface area contributed by atoms with Gasteiger partial charge in [-0.2, -0.15) is 5.10 Å². The van der Waals surface area contributed by atoms with Crippen LogP contribution in [0.4, 0.5) is 10.2 Å². The molecule has 0 radical (unpaired) electrons. The molecular weight excluding hydrogens is 403 g/mol. The first-order valence-electron chi connectivity index (χ1n) is 9.37. The Labute approximate surface area is 179 Å². The lowest BCUT2D eigenvalue weighted by Crippen LogP contribution is -2.22. The summed E-state index contributed by atoms with van der Waals surface area (Å²) in [6.07, 6.45) is 1.26. The van der Waals surface area contributed by atoms with Gasteiger partial charge in [0.05, 0.1) is 11.4 Å². The van der Waals surface area contributed by atoms with Crippen molar-refractivity contribution in [3.05, 3.63) is 58.5 Å². The molecule has 0 fully saturated rings. The maximum atomic E-state index is 14.1. The van der Waals surface area contributed by atoms with Gasteiger partial charge in [0.2, 0.25) is 0 Å². The van der Waals surface area contributed by atoms with Gasteiger partial charge < -0.3 is 22.0 Å². The highest BCUT2D eigenvalue weighted by Crippen LogP contribution is 2.32. The summed E-state index contributed by atoms with van der Waals surface area (Å²) in [5.74, 6) is 5.84. The summed E-state index contributed by atoms with van der Waals surface area (Å²) in [6.45, 7) is 4.18. The number of ether oxygens (including phenoxy) is 1. The van der Waals surface area contributed by atoms with Gasteiger partial charge in [-0.15, -0.1) is 0 Å². The van der Waals surface area contributed by atoms with E-state index in [2.05, 4.69) is 15.1 Å². The Morgan fingerprint density at radius 2 is 2.10 bits per heavy atom. The lowest BCUT2D eigenvalue weighted by Gasteiger charge is -2.22. The second-order valence-corrected chi connectivity index (χ2v) is 6.97. The number of benzene rings is 1. The number of aliphatic imine (C=N–C) groups is 1. The zero-order chi connectivity index (χ0) is 21.8. The molecule has 1 unspecified atom stereocenters. The summed E-state index contributed by atoms with van der Waals surface area (Å²) in [7, 11) is 0. The van der Waals surface area contributed by atoms with Gasteiger partial charge >= 0.3 is 0 Å². The molecule has 0 saturated carbocycles. The maximum Gasteiger partial charge on any atom is 0.166 e. The first-order chi connectivity index (χ1) is 14.4. The summed E-state index contributed by atoms with van der Waals surface area (Å²) < 4.78 is 20.1. The Morgan fingerprint density at radius 1 is 1.33 bits per heavy atom. The van der Waals surface area contributed by atoms with Crippen molar-refractivity contribution in [1.29, 1.82) is 0 Å². The summed E-state index contributed by atoms with van der Waals surface area (Å²) in [5, 5.41) is 5.41. The van der Waals surface area contributed by atoms with E-state index in [1.54, 1.807) is 25.3 Å². The van der Waals surface area contributed by atoms with E-state index in [1.165, 1.54) is 17.5 Å². The molecule has 2 bridgehead atoms. The number of fused-ring (bicyclic) bond motifs is 3. The minimum absolute atomic E-state index is 0.200. The van der Waals surface area contributed by atoms with Crippen molar-refractivity contribution in [2.45, 2.75) is 26.4 Å². The van der Waals surface area contributed by atoms with Crippen molar-refractivity contribution in [3.63, 3.8) is 0 Å². The Bertz CT molecular complexity index is 1080. The number of nitrogens with zero attached hydrogens (tertiary/aromatic N) is 3. The molecule has 2 heterocycles. The van der Waals surface area contributed by atoms with Crippen LogP contribution in [0.25, 0.3) is 5.70 Å². The molecule has 7 nitrogen and oxygen atoms in total. The lowest BCUT2D eigenvalue weighted by molar-refractivity contribution is 0.226. The average Bonchev–Trinajstić information content (AvgIpc) is 2.74. The molecule has 1 aromatic carbocycles. The van der Waals surface area contributed by atoms with Crippen LogP contribution >= 0.6 is 12.2 Å². The van der Waals surface area contributed by atoms with Crippen LogP contribution in [0.1, 0.15) is 43.1 Å². The highest BCUT2D eigenvalue weighted by molar-refractivity contribution is 7.79. The minimum Gasteiger partial charge on any atom is -0.482 e. The fourth-order valence-corrected chi connectivity index (χ4v) is 3.51. The van der Waals surface area contributed by atoms with Crippen LogP contribution in [0.15, 0.2) is 46.1 Å². The molecule has 30 heavy (non-hydrogen) atoms. The van der Waals surface area contributed by atoms with E-state index >= 15 is 0 Å². The molecule has 0 spiro atoms. The molecule has 1 aromatic heterocycles. The zero-order valence-electron chi connectivity index (χ0n) is 16.7. The molecule has 6 N–H and O–H groups in total. The number of anilines is 1. The van der Waals surface area contributed by atoms with Crippen molar-refractivity contribution in [3.8, 4) is 5.75 Å². The Hall–Kier alpha value is -3.33. The number of pyridine rings is 1. The zero-order valence-corrected chi connectivity index (χ0v) is 17.5. The molecule has 156 valence electrons. The van der Waals surface area contributed by atoms with Gasteiger partial charge in [-0.05, 0) is 43.7 Å². The highest BCUT2D eigenvalue weighted by atomic mass is 32.1. The lowest BCUT2D eigenvalue weighted by atomic mass is 9.94. The van der Waals surface area contributed by atoms with E-state index < -0.39 is 11.9 Å². The summed E-state index contributed by atoms with van der Waals surface area (Å²) >= 11 is 5.21. The van der Waals surface area contributed by atoms with Crippen molar-refractivity contribution in [2.24, 2.45) is 21.7 Å². The Kier molecular flexibility index (Phi) is 6.41. The van der Waals surface area contributed by atoms with Crippen LogP contribution < -0.4 is 22.0 Å². The van der Waals surface area contributed by atoms with Crippen molar-refractivity contribution in [1.82, 2.24) is 4.98 Å². The second kappa shape index (κ2) is 9.00. The van der Waals surface area contributed by atoms with E-state index in [0.29, 0.717) is 51.7 Å². The van der Waals surface area contributed by atoms with Gasteiger partial charge in [0.25, 0.3) is 0 Å². The van der Waals surface area contributed by atoms with Gasteiger partial charge in [-0.1, -0.05) is 12.2 Å². The number of hydrogen-bond donors (Lipinski definition) is 3.